The van der Waals surface area contributed by atoms with E-state index in [2.05, 4.69) is 15.0 Å². The highest BCUT2D eigenvalue weighted by Gasteiger charge is 2.12. The minimum atomic E-state index is -0.374. The number of hydrogen-bond acceptors (Lipinski definition) is 4. The summed E-state index contributed by atoms with van der Waals surface area (Å²) in [7, 11) is 0. The van der Waals surface area contributed by atoms with E-state index in [9.17, 15) is 9.18 Å². The number of rotatable bonds is 2. The van der Waals surface area contributed by atoms with Crippen LogP contribution in [0, 0.1) is 12.7 Å². The molecule has 0 amide bonds. The van der Waals surface area contributed by atoms with Crippen molar-refractivity contribution in [1.82, 2.24) is 19.5 Å². The van der Waals surface area contributed by atoms with Gasteiger partial charge in [0.15, 0.2) is 11.2 Å². The number of aromatic amines is 1. The van der Waals surface area contributed by atoms with Crippen molar-refractivity contribution in [2.24, 2.45) is 0 Å². The average molecular weight is 310 g/mol. The SMILES string of the molecule is Cc1ccc(Cn2c(N)nc3nc[nH]c3c2=O)c(F)c1.Cl. The first-order valence-electron chi connectivity index (χ1n) is 6.00. The standard InChI is InChI=1S/C13H12FN5O.ClH/c1-7-2-3-8(9(14)4-7)5-19-12(20)10-11(17-6-16-10)18-13(19)15;/h2-4,6H,5H2,1H3,(H2,15,18)(H,16,17);1H. The molecule has 0 saturated carbocycles. The molecule has 0 aliphatic rings. The first-order chi connectivity index (χ1) is 9.56. The summed E-state index contributed by atoms with van der Waals surface area (Å²) in [5, 5.41) is 0. The van der Waals surface area contributed by atoms with Crippen LogP contribution in [-0.2, 0) is 6.54 Å². The highest BCUT2D eigenvalue weighted by Crippen LogP contribution is 2.13. The van der Waals surface area contributed by atoms with E-state index in [1.165, 1.54) is 17.0 Å². The third-order valence-electron chi connectivity index (χ3n) is 3.11. The number of nitrogens with one attached hydrogen (secondary N) is 1. The third-order valence-corrected chi connectivity index (χ3v) is 3.11. The molecule has 6 nitrogen and oxygen atoms in total. The molecule has 0 atom stereocenters. The van der Waals surface area contributed by atoms with Gasteiger partial charge in [-0.15, -0.1) is 12.4 Å². The van der Waals surface area contributed by atoms with Crippen LogP contribution >= 0.6 is 12.4 Å². The van der Waals surface area contributed by atoms with E-state index in [1.54, 1.807) is 19.1 Å². The summed E-state index contributed by atoms with van der Waals surface area (Å²) in [4.78, 5) is 22.9. The van der Waals surface area contributed by atoms with Crippen LogP contribution in [0.5, 0.6) is 0 Å². The fourth-order valence-electron chi connectivity index (χ4n) is 2.04. The number of nitrogen functional groups attached to an aromatic ring is 1. The van der Waals surface area contributed by atoms with Crippen LogP contribution in [0.4, 0.5) is 10.3 Å². The van der Waals surface area contributed by atoms with E-state index in [4.69, 9.17) is 5.73 Å². The maximum Gasteiger partial charge on any atom is 0.281 e. The Bertz CT molecular complexity index is 857. The zero-order chi connectivity index (χ0) is 14.3. The normalized spacial score (nSPS) is 10.6. The largest absolute Gasteiger partial charge is 0.369 e. The molecule has 21 heavy (non-hydrogen) atoms. The molecule has 0 aliphatic heterocycles. The zero-order valence-corrected chi connectivity index (χ0v) is 11.9. The Morgan fingerprint density at radius 3 is 2.90 bits per heavy atom. The van der Waals surface area contributed by atoms with Gasteiger partial charge in [-0.3, -0.25) is 9.36 Å². The van der Waals surface area contributed by atoms with Crippen molar-refractivity contribution in [2.75, 3.05) is 5.73 Å². The molecular formula is C13H13ClFN5O. The number of fused-ring (bicyclic) bond motifs is 1. The van der Waals surface area contributed by atoms with E-state index >= 15 is 0 Å². The maximum atomic E-state index is 13.9. The first-order valence-corrected chi connectivity index (χ1v) is 6.00. The van der Waals surface area contributed by atoms with Gasteiger partial charge in [0, 0.05) is 5.56 Å². The lowest BCUT2D eigenvalue weighted by atomic mass is 10.1. The molecule has 0 radical (unpaired) electrons. The number of aryl methyl sites for hydroxylation is 1. The molecule has 3 aromatic rings. The van der Waals surface area contributed by atoms with E-state index < -0.39 is 0 Å². The van der Waals surface area contributed by atoms with Gasteiger partial charge < -0.3 is 10.7 Å². The molecule has 2 aromatic heterocycles. The van der Waals surface area contributed by atoms with Gasteiger partial charge in [-0.1, -0.05) is 12.1 Å². The summed E-state index contributed by atoms with van der Waals surface area (Å²) in [5.74, 6) is -0.365. The molecule has 110 valence electrons. The second kappa shape index (κ2) is 5.53. The van der Waals surface area contributed by atoms with E-state index in [0.717, 1.165) is 5.56 Å². The molecule has 0 bridgehead atoms. The molecule has 3 N–H and O–H groups in total. The van der Waals surface area contributed by atoms with E-state index in [1.807, 2.05) is 0 Å². The molecule has 3 rings (SSSR count). The van der Waals surface area contributed by atoms with Gasteiger partial charge in [0.1, 0.15) is 5.82 Å². The van der Waals surface area contributed by atoms with Crippen molar-refractivity contribution in [1.29, 1.82) is 0 Å². The zero-order valence-electron chi connectivity index (χ0n) is 11.1. The summed E-state index contributed by atoms with van der Waals surface area (Å²) in [6.45, 7) is 1.82. The molecule has 0 aliphatic carbocycles. The van der Waals surface area contributed by atoms with Gasteiger partial charge in [-0.2, -0.15) is 4.98 Å². The Balaban J connectivity index is 0.00000161. The van der Waals surface area contributed by atoms with Crippen LogP contribution in [0.3, 0.4) is 0 Å². The topological polar surface area (TPSA) is 89.6 Å². The van der Waals surface area contributed by atoms with Crippen LogP contribution in [0.2, 0.25) is 0 Å². The quantitative estimate of drug-likeness (QED) is 0.752. The van der Waals surface area contributed by atoms with Gasteiger partial charge in [-0.25, -0.2) is 9.37 Å². The summed E-state index contributed by atoms with van der Waals surface area (Å²) in [6, 6.07) is 4.83. The highest BCUT2D eigenvalue weighted by atomic mass is 35.5. The summed E-state index contributed by atoms with van der Waals surface area (Å²) >= 11 is 0. The van der Waals surface area contributed by atoms with Crippen molar-refractivity contribution >= 4 is 29.5 Å². The van der Waals surface area contributed by atoms with Gasteiger partial charge in [0.05, 0.1) is 12.9 Å². The smallest absolute Gasteiger partial charge is 0.281 e. The van der Waals surface area contributed by atoms with Gasteiger partial charge in [-0.05, 0) is 18.6 Å². The van der Waals surface area contributed by atoms with Crippen LogP contribution in [0.15, 0.2) is 29.3 Å². The Morgan fingerprint density at radius 2 is 2.19 bits per heavy atom. The Labute approximate surface area is 125 Å². The summed E-state index contributed by atoms with van der Waals surface area (Å²) < 4.78 is 15.1. The first kappa shape index (κ1) is 15.0. The fourth-order valence-corrected chi connectivity index (χ4v) is 2.04. The predicted octanol–water partition coefficient (Wildman–Crippen LogP) is 1.62. The minimum absolute atomic E-state index is 0. The van der Waals surface area contributed by atoms with Gasteiger partial charge in [0.2, 0.25) is 5.95 Å². The van der Waals surface area contributed by atoms with E-state index in [0.29, 0.717) is 5.56 Å². The van der Waals surface area contributed by atoms with E-state index in [-0.39, 0.29) is 47.4 Å². The molecule has 0 spiro atoms. The van der Waals surface area contributed by atoms with Crippen LogP contribution in [0.25, 0.3) is 11.2 Å². The number of nitrogens with zero attached hydrogens (tertiary/aromatic N) is 3. The number of H-pyrrole nitrogens is 1. The van der Waals surface area contributed by atoms with Crippen molar-refractivity contribution in [3.05, 3.63) is 51.8 Å². The second-order valence-electron chi connectivity index (χ2n) is 4.56. The molecule has 1 aromatic carbocycles. The van der Waals surface area contributed by atoms with Crippen molar-refractivity contribution < 1.29 is 4.39 Å². The van der Waals surface area contributed by atoms with Crippen molar-refractivity contribution in [3.63, 3.8) is 0 Å². The van der Waals surface area contributed by atoms with Crippen LogP contribution < -0.4 is 11.3 Å². The number of halogens is 2. The molecular weight excluding hydrogens is 297 g/mol. The highest BCUT2D eigenvalue weighted by molar-refractivity contribution is 5.85. The Hall–Kier alpha value is -2.41. The maximum absolute atomic E-state index is 13.9. The van der Waals surface area contributed by atoms with Crippen LogP contribution in [0.1, 0.15) is 11.1 Å². The lowest BCUT2D eigenvalue weighted by Crippen LogP contribution is -2.25. The molecule has 8 heteroatoms. The van der Waals surface area contributed by atoms with Crippen LogP contribution in [-0.4, -0.2) is 19.5 Å². The summed E-state index contributed by atoms with van der Waals surface area (Å²) in [5.41, 5.74) is 7.09. The molecule has 2 heterocycles. The monoisotopic (exact) mass is 309 g/mol. The molecule has 0 saturated heterocycles. The number of imidazole rings is 1. The third kappa shape index (κ3) is 2.59. The Morgan fingerprint density at radius 1 is 1.43 bits per heavy atom. The molecule has 0 unspecified atom stereocenters. The number of benzene rings is 1. The van der Waals surface area contributed by atoms with Crippen molar-refractivity contribution in [3.8, 4) is 0 Å². The van der Waals surface area contributed by atoms with Gasteiger partial charge >= 0.3 is 0 Å². The predicted molar refractivity (Wildman–Crippen MR) is 80.0 cm³/mol. The number of nitrogens with two attached hydrogens (primary N) is 1. The Kier molecular flexibility index (Phi) is 3.95. The minimum Gasteiger partial charge on any atom is -0.369 e. The lowest BCUT2D eigenvalue weighted by Gasteiger charge is -2.09. The van der Waals surface area contributed by atoms with Gasteiger partial charge in [0.25, 0.3) is 5.56 Å². The van der Waals surface area contributed by atoms with Crippen molar-refractivity contribution in [2.45, 2.75) is 13.5 Å². The lowest BCUT2D eigenvalue weighted by molar-refractivity contribution is 0.596. The summed E-state index contributed by atoms with van der Waals surface area (Å²) in [6.07, 6.45) is 1.37. The number of anilines is 1. The fraction of sp³-hybridized carbons (Fsp3) is 0.154. The number of hydrogen-bond donors (Lipinski definition) is 2. The molecule has 0 fully saturated rings. The number of aromatic nitrogens is 4. The second-order valence-corrected chi connectivity index (χ2v) is 4.56. The average Bonchev–Trinajstić information content (AvgIpc) is 2.85.